The van der Waals surface area contributed by atoms with Gasteiger partial charge in [0.25, 0.3) is 0 Å². The van der Waals surface area contributed by atoms with E-state index in [1.54, 1.807) is 6.92 Å². The van der Waals surface area contributed by atoms with Crippen molar-refractivity contribution in [3.63, 3.8) is 0 Å². The van der Waals surface area contributed by atoms with Crippen LogP contribution in [0.5, 0.6) is 0 Å². The molecule has 2 rings (SSSR count). The Hall–Kier alpha value is -1.35. The zero-order valence-corrected chi connectivity index (χ0v) is 11.8. The van der Waals surface area contributed by atoms with Crippen LogP contribution in [-0.4, -0.2) is 23.3 Å². The first kappa shape index (κ1) is 14.1. The molecule has 1 aliphatic rings. The van der Waals surface area contributed by atoms with Crippen molar-refractivity contribution < 1.29 is 14.6 Å². The summed E-state index contributed by atoms with van der Waals surface area (Å²) < 4.78 is 5.38. The molecule has 0 aliphatic carbocycles. The van der Waals surface area contributed by atoms with Gasteiger partial charge in [-0.2, -0.15) is 0 Å². The Morgan fingerprint density at radius 2 is 1.95 bits per heavy atom. The third-order valence-corrected chi connectivity index (χ3v) is 4.42. The number of hydrogen-bond donors (Lipinski definition) is 1. The third-order valence-electron chi connectivity index (χ3n) is 4.42. The van der Waals surface area contributed by atoms with E-state index in [-0.39, 0.29) is 18.0 Å². The highest BCUT2D eigenvalue weighted by molar-refractivity contribution is 5.80. The van der Waals surface area contributed by atoms with Gasteiger partial charge in [-0.15, -0.1) is 0 Å². The molecule has 3 atom stereocenters. The number of aliphatic hydroxyl groups excluding tert-OH is 1. The number of ether oxygens (including phenoxy) is 1. The predicted molar refractivity (Wildman–Crippen MR) is 73.6 cm³/mol. The predicted octanol–water partition coefficient (Wildman–Crippen LogP) is 2.57. The van der Waals surface area contributed by atoms with Crippen molar-refractivity contribution in [2.75, 3.05) is 0 Å². The lowest BCUT2D eigenvalue weighted by Gasteiger charge is -2.28. The van der Waals surface area contributed by atoms with E-state index >= 15 is 0 Å². The van der Waals surface area contributed by atoms with Gasteiger partial charge >= 0.3 is 5.97 Å². The quantitative estimate of drug-likeness (QED) is 0.848. The summed E-state index contributed by atoms with van der Waals surface area (Å²) in [6.07, 6.45) is 0.368. The van der Waals surface area contributed by atoms with Gasteiger partial charge in [-0.1, -0.05) is 44.2 Å². The van der Waals surface area contributed by atoms with Crippen LogP contribution in [0.4, 0.5) is 0 Å². The molecule has 0 spiro atoms. The van der Waals surface area contributed by atoms with Crippen LogP contribution in [-0.2, 0) is 16.0 Å². The zero-order valence-electron chi connectivity index (χ0n) is 11.8. The molecule has 0 saturated carbocycles. The molecular weight excluding hydrogens is 240 g/mol. The van der Waals surface area contributed by atoms with E-state index < -0.39 is 11.5 Å². The van der Waals surface area contributed by atoms with Crippen molar-refractivity contribution >= 4 is 5.97 Å². The molecule has 104 valence electrons. The van der Waals surface area contributed by atoms with Crippen LogP contribution in [0, 0.1) is 11.3 Å². The highest BCUT2D eigenvalue weighted by Gasteiger charge is 2.54. The second kappa shape index (κ2) is 5.33. The van der Waals surface area contributed by atoms with Crippen LogP contribution in [0.3, 0.4) is 0 Å². The maximum Gasteiger partial charge on any atom is 0.315 e. The van der Waals surface area contributed by atoms with Gasteiger partial charge in [0.05, 0.1) is 5.41 Å². The fraction of sp³-hybridized carbons (Fsp3) is 0.562. The van der Waals surface area contributed by atoms with Gasteiger partial charge in [0.2, 0.25) is 0 Å². The molecule has 0 aromatic heterocycles. The fourth-order valence-corrected chi connectivity index (χ4v) is 2.58. The van der Waals surface area contributed by atoms with E-state index in [4.69, 9.17) is 4.74 Å². The third kappa shape index (κ3) is 2.52. The van der Waals surface area contributed by atoms with Crippen LogP contribution in [0.25, 0.3) is 0 Å². The molecule has 1 fully saturated rings. The number of hydrogen-bond acceptors (Lipinski definition) is 3. The van der Waals surface area contributed by atoms with Gasteiger partial charge in [0.1, 0.15) is 12.2 Å². The van der Waals surface area contributed by atoms with Gasteiger partial charge in [-0.3, -0.25) is 4.79 Å². The monoisotopic (exact) mass is 262 g/mol. The number of aryl methyl sites for hydroxylation is 1. The molecule has 19 heavy (non-hydrogen) atoms. The maximum absolute atomic E-state index is 12.0. The smallest absolute Gasteiger partial charge is 0.315 e. The molecule has 0 bridgehead atoms. The van der Waals surface area contributed by atoms with Crippen LogP contribution < -0.4 is 0 Å². The first-order valence-corrected chi connectivity index (χ1v) is 6.89. The molecule has 1 N–H and O–H groups in total. The van der Waals surface area contributed by atoms with Crippen molar-refractivity contribution in [3.8, 4) is 0 Å². The first-order chi connectivity index (χ1) is 8.96. The summed E-state index contributed by atoms with van der Waals surface area (Å²) in [5, 5.41) is 10.4. The van der Waals surface area contributed by atoms with Gasteiger partial charge in [-0.25, -0.2) is 0 Å². The lowest BCUT2D eigenvalue weighted by Crippen LogP contribution is -2.41. The Bertz CT molecular complexity index is 441. The summed E-state index contributed by atoms with van der Waals surface area (Å²) in [6.45, 7) is 5.70. The minimum absolute atomic E-state index is 0.0664. The van der Waals surface area contributed by atoms with Gasteiger partial charge in [0.15, 0.2) is 0 Å². The summed E-state index contributed by atoms with van der Waals surface area (Å²) >= 11 is 0. The van der Waals surface area contributed by atoms with Crippen LogP contribution in [0.2, 0.25) is 0 Å². The molecule has 0 unspecified atom stereocenters. The van der Waals surface area contributed by atoms with Gasteiger partial charge in [-0.05, 0) is 31.2 Å². The van der Waals surface area contributed by atoms with Crippen molar-refractivity contribution in [1.29, 1.82) is 0 Å². The minimum atomic E-state index is -0.776. The van der Waals surface area contributed by atoms with Crippen molar-refractivity contribution in [1.82, 2.24) is 0 Å². The van der Waals surface area contributed by atoms with Crippen molar-refractivity contribution in [2.24, 2.45) is 11.3 Å². The Balaban J connectivity index is 2.02. The molecule has 1 aromatic carbocycles. The summed E-state index contributed by atoms with van der Waals surface area (Å²) in [5.41, 5.74) is 0.422. The molecule has 0 amide bonds. The summed E-state index contributed by atoms with van der Waals surface area (Å²) in [5.74, 6) is -0.204. The summed E-state index contributed by atoms with van der Waals surface area (Å²) in [4.78, 5) is 12.0. The number of benzene rings is 1. The Morgan fingerprint density at radius 1 is 1.32 bits per heavy atom. The highest BCUT2D eigenvalue weighted by atomic mass is 16.6. The first-order valence-electron chi connectivity index (χ1n) is 6.89. The number of aliphatic hydroxyl groups is 1. The Labute approximate surface area is 114 Å². The molecule has 1 aromatic rings. The molecule has 0 radical (unpaired) electrons. The van der Waals surface area contributed by atoms with E-state index in [2.05, 4.69) is 0 Å². The largest absolute Gasteiger partial charge is 0.459 e. The van der Waals surface area contributed by atoms with Gasteiger partial charge < -0.3 is 9.84 Å². The molecular formula is C16H22O3. The number of cyclic esters (lactones) is 1. The lowest BCUT2D eigenvalue weighted by molar-refractivity contribution is -0.150. The average molecular weight is 262 g/mol. The van der Waals surface area contributed by atoms with Crippen LogP contribution in [0.15, 0.2) is 30.3 Å². The molecule has 1 heterocycles. The molecule has 3 heteroatoms. The highest BCUT2D eigenvalue weighted by Crippen LogP contribution is 2.41. The minimum Gasteiger partial charge on any atom is -0.459 e. The topological polar surface area (TPSA) is 46.5 Å². The molecule has 3 nitrogen and oxygen atoms in total. The normalized spacial score (nSPS) is 30.7. The number of esters is 1. The number of rotatable bonds is 4. The van der Waals surface area contributed by atoms with Crippen molar-refractivity contribution in [3.05, 3.63) is 35.9 Å². The van der Waals surface area contributed by atoms with Gasteiger partial charge in [0, 0.05) is 0 Å². The van der Waals surface area contributed by atoms with E-state index in [0.29, 0.717) is 6.42 Å². The standard InChI is InChI=1S/C16H22O3/c1-11(2)16(3)14(17)13(19-15(16)18)10-9-12-7-5-4-6-8-12/h4-8,11,13-14,17H,9-10H2,1-3H3/t13-,14+,16+/m0/s1. The SMILES string of the molecule is CC(C)[C@@]1(C)C(=O)O[C@@H](CCc2ccccc2)[C@H]1O. The van der Waals surface area contributed by atoms with E-state index in [9.17, 15) is 9.90 Å². The molecule has 1 aliphatic heterocycles. The summed E-state index contributed by atoms with van der Waals surface area (Å²) in [6, 6.07) is 10.1. The van der Waals surface area contributed by atoms with Crippen molar-refractivity contribution in [2.45, 2.75) is 45.8 Å². The van der Waals surface area contributed by atoms with Crippen LogP contribution >= 0.6 is 0 Å². The molecule has 1 saturated heterocycles. The zero-order chi connectivity index (χ0) is 14.0. The number of carbonyl (C=O) groups excluding carboxylic acids is 1. The Kier molecular flexibility index (Phi) is 3.95. The second-order valence-corrected chi connectivity index (χ2v) is 5.85. The maximum atomic E-state index is 12.0. The second-order valence-electron chi connectivity index (χ2n) is 5.85. The average Bonchev–Trinajstić information content (AvgIpc) is 2.63. The Morgan fingerprint density at radius 3 is 2.47 bits per heavy atom. The van der Waals surface area contributed by atoms with E-state index in [1.807, 2.05) is 44.2 Å². The lowest BCUT2D eigenvalue weighted by atomic mass is 9.74. The van der Waals surface area contributed by atoms with Crippen LogP contribution in [0.1, 0.15) is 32.8 Å². The van der Waals surface area contributed by atoms with E-state index in [1.165, 1.54) is 5.56 Å². The summed E-state index contributed by atoms with van der Waals surface area (Å²) in [7, 11) is 0. The fourth-order valence-electron chi connectivity index (χ4n) is 2.58. The number of carbonyl (C=O) groups is 1. The van der Waals surface area contributed by atoms with E-state index in [0.717, 1.165) is 6.42 Å².